The number of hydrogen-bond acceptors (Lipinski definition) is 1. The number of carboxylic acid groups (broad SMARTS) is 1. The van der Waals surface area contributed by atoms with E-state index in [1.807, 2.05) is 12.1 Å². The maximum atomic E-state index is 11.0. The molecule has 24 heavy (non-hydrogen) atoms. The second kappa shape index (κ2) is 8.18. The first-order valence-corrected chi connectivity index (χ1v) is 10.0. The predicted molar refractivity (Wildman–Crippen MR) is 98.5 cm³/mol. The number of rotatable bonds is 6. The van der Waals surface area contributed by atoms with Crippen LogP contribution in [-0.4, -0.2) is 11.1 Å². The highest BCUT2D eigenvalue weighted by atomic mass is 16.4. The lowest BCUT2D eigenvalue weighted by atomic mass is 9.63. The third-order valence-electron chi connectivity index (χ3n) is 6.57. The number of unbranched alkanes of at least 4 members (excludes halogenated alkanes) is 2. The van der Waals surface area contributed by atoms with Crippen molar-refractivity contribution in [3.8, 4) is 0 Å². The maximum Gasteiger partial charge on any atom is 0.335 e. The summed E-state index contributed by atoms with van der Waals surface area (Å²) in [5.74, 6) is 2.67. The van der Waals surface area contributed by atoms with E-state index in [4.69, 9.17) is 5.11 Å². The van der Waals surface area contributed by atoms with Gasteiger partial charge in [0.15, 0.2) is 0 Å². The Morgan fingerprint density at radius 3 is 2.42 bits per heavy atom. The Hall–Kier alpha value is -1.31. The molecule has 0 spiro atoms. The molecule has 1 N–H and O–H groups in total. The van der Waals surface area contributed by atoms with Crippen LogP contribution in [-0.2, 0) is 0 Å². The van der Waals surface area contributed by atoms with Crippen LogP contribution >= 0.6 is 0 Å². The molecule has 1 aromatic rings. The molecule has 2 nitrogen and oxygen atoms in total. The Morgan fingerprint density at radius 2 is 1.71 bits per heavy atom. The summed E-state index contributed by atoms with van der Waals surface area (Å²) in [6.45, 7) is 2.29. The van der Waals surface area contributed by atoms with Crippen LogP contribution in [0, 0.1) is 17.8 Å². The quantitative estimate of drug-likeness (QED) is 0.625. The van der Waals surface area contributed by atoms with Gasteiger partial charge in [-0.3, -0.25) is 0 Å². The Labute approximate surface area is 146 Å². The van der Waals surface area contributed by atoms with Crippen LogP contribution in [0.3, 0.4) is 0 Å². The van der Waals surface area contributed by atoms with E-state index in [9.17, 15) is 4.79 Å². The summed E-state index contributed by atoms with van der Waals surface area (Å²) >= 11 is 0. The Balaban J connectivity index is 1.53. The highest BCUT2D eigenvalue weighted by molar-refractivity contribution is 5.87. The Kier molecular flexibility index (Phi) is 5.97. The number of hydrogen-bond donors (Lipinski definition) is 1. The fourth-order valence-electron chi connectivity index (χ4n) is 5.13. The molecule has 0 amide bonds. The maximum absolute atomic E-state index is 11.0. The van der Waals surface area contributed by atoms with E-state index in [-0.39, 0.29) is 0 Å². The lowest BCUT2D eigenvalue weighted by Crippen LogP contribution is -2.30. The van der Waals surface area contributed by atoms with E-state index in [1.54, 1.807) is 12.1 Å². The van der Waals surface area contributed by atoms with E-state index < -0.39 is 5.97 Å². The fraction of sp³-hybridized carbons (Fsp3) is 0.682. The van der Waals surface area contributed by atoms with Gasteiger partial charge in [0.25, 0.3) is 0 Å². The summed E-state index contributed by atoms with van der Waals surface area (Å²) in [6, 6.07) is 7.64. The van der Waals surface area contributed by atoms with E-state index in [0.717, 1.165) is 17.8 Å². The van der Waals surface area contributed by atoms with Crippen molar-refractivity contribution in [3.05, 3.63) is 35.4 Å². The van der Waals surface area contributed by atoms with E-state index >= 15 is 0 Å². The molecule has 0 aromatic heterocycles. The highest BCUT2D eigenvalue weighted by Gasteiger charge is 2.35. The van der Waals surface area contributed by atoms with Crippen molar-refractivity contribution >= 4 is 5.97 Å². The van der Waals surface area contributed by atoms with Crippen LogP contribution in [0.2, 0.25) is 0 Å². The number of carboxylic acids is 1. The van der Waals surface area contributed by atoms with Crippen LogP contribution in [0.4, 0.5) is 0 Å². The normalized spacial score (nSPS) is 29.9. The van der Waals surface area contributed by atoms with Gasteiger partial charge < -0.3 is 5.11 Å². The van der Waals surface area contributed by atoms with Gasteiger partial charge in [-0.1, -0.05) is 51.2 Å². The SMILES string of the molecule is CCCCC[C@H]1CC[C@@H]2CC(c3ccc(C(=O)O)cc3)CC[C@H]2C1. The molecule has 1 aromatic carbocycles. The smallest absolute Gasteiger partial charge is 0.335 e. The van der Waals surface area contributed by atoms with Gasteiger partial charge in [0.05, 0.1) is 5.56 Å². The first-order valence-electron chi connectivity index (χ1n) is 10.0. The van der Waals surface area contributed by atoms with Gasteiger partial charge in [-0.15, -0.1) is 0 Å². The minimum absolute atomic E-state index is 0.403. The second-order valence-corrected chi connectivity index (χ2v) is 8.13. The van der Waals surface area contributed by atoms with Crippen LogP contribution in [0.15, 0.2) is 24.3 Å². The molecule has 0 bridgehead atoms. The van der Waals surface area contributed by atoms with Gasteiger partial charge in [0.1, 0.15) is 0 Å². The van der Waals surface area contributed by atoms with Crippen LogP contribution in [0.5, 0.6) is 0 Å². The van der Waals surface area contributed by atoms with Crippen LogP contribution < -0.4 is 0 Å². The monoisotopic (exact) mass is 328 g/mol. The van der Waals surface area contributed by atoms with Crippen molar-refractivity contribution in [1.82, 2.24) is 0 Å². The molecule has 2 fully saturated rings. The van der Waals surface area contributed by atoms with E-state index in [1.165, 1.54) is 69.8 Å². The van der Waals surface area contributed by atoms with Gasteiger partial charge >= 0.3 is 5.97 Å². The van der Waals surface area contributed by atoms with Crippen LogP contribution in [0.25, 0.3) is 0 Å². The largest absolute Gasteiger partial charge is 0.478 e. The number of aromatic carboxylic acids is 1. The van der Waals surface area contributed by atoms with Gasteiger partial charge in [-0.05, 0) is 73.5 Å². The fourth-order valence-corrected chi connectivity index (χ4v) is 5.13. The van der Waals surface area contributed by atoms with Gasteiger partial charge in [0.2, 0.25) is 0 Å². The molecule has 2 heteroatoms. The predicted octanol–water partition coefficient (Wildman–Crippen LogP) is 6.27. The molecule has 4 atom stereocenters. The van der Waals surface area contributed by atoms with E-state index in [0.29, 0.717) is 11.5 Å². The van der Waals surface area contributed by atoms with Gasteiger partial charge in [0, 0.05) is 0 Å². The summed E-state index contributed by atoms with van der Waals surface area (Å²) < 4.78 is 0. The van der Waals surface area contributed by atoms with Crippen molar-refractivity contribution < 1.29 is 9.90 Å². The van der Waals surface area contributed by atoms with Gasteiger partial charge in [-0.25, -0.2) is 4.79 Å². The highest BCUT2D eigenvalue weighted by Crippen LogP contribution is 2.48. The third kappa shape index (κ3) is 4.20. The van der Waals surface area contributed by atoms with Crippen LogP contribution in [0.1, 0.15) is 93.0 Å². The van der Waals surface area contributed by atoms with Crippen molar-refractivity contribution in [2.24, 2.45) is 17.8 Å². The average Bonchev–Trinajstić information content (AvgIpc) is 2.61. The molecule has 2 aliphatic rings. The summed E-state index contributed by atoms with van der Waals surface area (Å²) in [5, 5.41) is 9.04. The molecule has 2 aliphatic carbocycles. The summed E-state index contributed by atoms with van der Waals surface area (Å²) in [6.07, 6.45) is 13.9. The van der Waals surface area contributed by atoms with E-state index in [2.05, 4.69) is 6.92 Å². The molecule has 132 valence electrons. The summed E-state index contributed by atoms with van der Waals surface area (Å²) in [4.78, 5) is 11.0. The molecule has 0 heterocycles. The molecular formula is C22H32O2. The Morgan fingerprint density at radius 1 is 1.00 bits per heavy atom. The molecule has 0 radical (unpaired) electrons. The zero-order chi connectivity index (χ0) is 16.9. The standard InChI is InChI=1S/C22H32O2/c1-2-3-4-5-16-6-7-21-15-20(13-12-19(21)14-16)17-8-10-18(11-9-17)22(23)24/h8-11,16,19-21H,2-7,12-15H2,1H3,(H,23,24)/t16-,19-,20?,21+/m0/s1. The number of carbonyl (C=O) groups is 1. The minimum atomic E-state index is -0.827. The molecule has 1 unspecified atom stereocenters. The minimum Gasteiger partial charge on any atom is -0.478 e. The summed E-state index contributed by atoms with van der Waals surface area (Å²) in [5.41, 5.74) is 1.75. The number of benzene rings is 1. The molecular weight excluding hydrogens is 296 g/mol. The third-order valence-corrected chi connectivity index (χ3v) is 6.57. The zero-order valence-corrected chi connectivity index (χ0v) is 15.0. The molecule has 3 rings (SSSR count). The average molecular weight is 328 g/mol. The van der Waals surface area contributed by atoms with Crippen molar-refractivity contribution in [3.63, 3.8) is 0 Å². The van der Waals surface area contributed by atoms with Crippen molar-refractivity contribution in [2.75, 3.05) is 0 Å². The summed E-state index contributed by atoms with van der Waals surface area (Å²) in [7, 11) is 0. The van der Waals surface area contributed by atoms with Gasteiger partial charge in [-0.2, -0.15) is 0 Å². The lowest BCUT2D eigenvalue weighted by Gasteiger charge is -2.42. The number of fused-ring (bicyclic) bond motifs is 1. The zero-order valence-electron chi connectivity index (χ0n) is 15.0. The first kappa shape index (κ1) is 17.5. The lowest BCUT2D eigenvalue weighted by molar-refractivity contribution is 0.0697. The molecule has 0 saturated heterocycles. The van der Waals surface area contributed by atoms with Crippen molar-refractivity contribution in [2.45, 2.75) is 77.0 Å². The second-order valence-electron chi connectivity index (χ2n) is 8.13. The topological polar surface area (TPSA) is 37.3 Å². The Bertz CT molecular complexity index is 533. The molecule has 0 aliphatic heterocycles. The first-order chi connectivity index (χ1) is 11.7. The molecule has 2 saturated carbocycles. The van der Waals surface area contributed by atoms with Crippen molar-refractivity contribution in [1.29, 1.82) is 0 Å².